The largest absolute Gasteiger partial charge is 0.481 e. The van der Waals surface area contributed by atoms with Crippen molar-refractivity contribution in [3.05, 3.63) is 0 Å². The summed E-state index contributed by atoms with van der Waals surface area (Å²) in [6.45, 7) is 6.81. The molecule has 4 heteroatoms. The molecule has 0 radical (unpaired) electrons. The molecule has 98 valence electrons. The van der Waals surface area contributed by atoms with Gasteiger partial charge in [-0.3, -0.25) is 9.59 Å². The van der Waals surface area contributed by atoms with Gasteiger partial charge in [-0.1, -0.05) is 27.2 Å². The monoisotopic (exact) mass is 241 g/mol. The highest BCUT2D eigenvalue weighted by Crippen LogP contribution is 2.36. The van der Waals surface area contributed by atoms with E-state index < -0.39 is 11.9 Å². The summed E-state index contributed by atoms with van der Waals surface area (Å²) in [4.78, 5) is 23.0. The Hall–Kier alpha value is -1.06. The molecule has 0 spiro atoms. The molecule has 4 atom stereocenters. The fourth-order valence-electron chi connectivity index (χ4n) is 2.40. The third kappa shape index (κ3) is 3.72. The molecular weight excluding hydrogens is 218 g/mol. The predicted molar refractivity (Wildman–Crippen MR) is 65.5 cm³/mol. The van der Waals surface area contributed by atoms with Crippen molar-refractivity contribution in [2.75, 3.05) is 6.54 Å². The van der Waals surface area contributed by atoms with Crippen LogP contribution in [-0.4, -0.2) is 23.5 Å². The molecule has 0 bridgehead atoms. The highest BCUT2D eigenvalue weighted by molar-refractivity contribution is 5.85. The summed E-state index contributed by atoms with van der Waals surface area (Å²) in [6.07, 6.45) is 2.34. The zero-order chi connectivity index (χ0) is 13.0. The number of aliphatic carboxylic acids is 1. The van der Waals surface area contributed by atoms with Gasteiger partial charge < -0.3 is 10.4 Å². The van der Waals surface area contributed by atoms with Crippen LogP contribution in [0, 0.1) is 23.7 Å². The van der Waals surface area contributed by atoms with Gasteiger partial charge >= 0.3 is 5.97 Å². The molecule has 1 rings (SSSR count). The lowest BCUT2D eigenvalue weighted by Crippen LogP contribution is -2.37. The molecule has 1 fully saturated rings. The van der Waals surface area contributed by atoms with Crippen LogP contribution in [-0.2, 0) is 9.59 Å². The molecule has 0 aromatic rings. The molecule has 0 heterocycles. The van der Waals surface area contributed by atoms with Crippen LogP contribution in [0.3, 0.4) is 0 Å². The molecule has 0 aromatic heterocycles. The molecule has 1 amide bonds. The first-order valence-corrected chi connectivity index (χ1v) is 6.46. The van der Waals surface area contributed by atoms with Crippen LogP contribution in [0.1, 0.15) is 40.0 Å². The number of carbonyl (C=O) groups excluding carboxylic acids is 1. The normalized spacial score (nSPS) is 29.9. The number of carboxylic acid groups (broad SMARTS) is 1. The minimum Gasteiger partial charge on any atom is -0.481 e. The molecule has 0 saturated heterocycles. The van der Waals surface area contributed by atoms with Crippen molar-refractivity contribution in [2.45, 2.75) is 40.0 Å². The number of amides is 1. The zero-order valence-electron chi connectivity index (χ0n) is 10.9. The first kappa shape index (κ1) is 14.0. The maximum Gasteiger partial charge on any atom is 0.307 e. The fourth-order valence-corrected chi connectivity index (χ4v) is 2.40. The molecule has 17 heavy (non-hydrogen) atoms. The van der Waals surface area contributed by atoms with E-state index in [4.69, 9.17) is 5.11 Å². The Morgan fingerprint density at radius 3 is 2.47 bits per heavy atom. The van der Waals surface area contributed by atoms with Crippen LogP contribution < -0.4 is 5.32 Å². The lowest BCUT2D eigenvalue weighted by atomic mass is 9.95. The maximum atomic E-state index is 12.0. The van der Waals surface area contributed by atoms with E-state index in [9.17, 15) is 9.59 Å². The number of hydrogen-bond donors (Lipinski definition) is 2. The van der Waals surface area contributed by atoms with E-state index >= 15 is 0 Å². The minimum atomic E-state index is -0.835. The summed E-state index contributed by atoms with van der Waals surface area (Å²) in [5.41, 5.74) is 0. The number of carbonyl (C=O) groups is 2. The second-order valence-electron chi connectivity index (χ2n) is 5.39. The van der Waals surface area contributed by atoms with Crippen molar-refractivity contribution >= 4 is 11.9 Å². The molecular formula is C13H23NO3. The first-order valence-electron chi connectivity index (χ1n) is 6.46. The van der Waals surface area contributed by atoms with Crippen molar-refractivity contribution in [1.29, 1.82) is 0 Å². The number of rotatable bonds is 5. The van der Waals surface area contributed by atoms with Crippen LogP contribution >= 0.6 is 0 Å². The summed E-state index contributed by atoms with van der Waals surface area (Å²) in [5, 5.41) is 12.0. The van der Waals surface area contributed by atoms with Gasteiger partial charge in [0, 0.05) is 6.54 Å². The predicted octanol–water partition coefficient (Wildman–Crippen LogP) is 1.90. The van der Waals surface area contributed by atoms with Crippen LogP contribution in [0.4, 0.5) is 0 Å². The second-order valence-corrected chi connectivity index (χ2v) is 5.39. The number of hydrogen-bond acceptors (Lipinski definition) is 2. The van der Waals surface area contributed by atoms with Crippen LogP contribution in [0.15, 0.2) is 0 Å². The van der Waals surface area contributed by atoms with Gasteiger partial charge in [0.25, 0.3) is 0 Å². The van der Waals surface area contributed by atoms with Crippen molar-refractivity contribution in [3.8, 4) is 0 Å². The summed E-state index contributed by atoms with van der Waals surface area (Å²) in [5.74, 6) is -0.981. The molecule has 0 aliphatic heterocycles. The van der Waals surface area contributed by atoms with Crippen LogP contribution in [0.25, 0.3) is 0 Å². The summed E-state index contributed by atoms with van der Waals surface area (Å²) in [7, 11) is 0. The Balaban J connectivity index is 2.52. The first-order chi connectivity index (χ1) is 7.95. The second kappa shape index (κ2) is 6.03. The van der Waals surface area contributed by atoms with E-state index in [2.05, 4.69) is 19.2 Å². The molecule has 1 aliphatic carbocycles. The molecule has 4 unspecified atom stereocenters. The highest BCUT2D eigenvalue weighted by Gasteiger charge is 2.40. The lowest BCUT2D eigenvalue weighted by molar-refractivity contribution is -0.146. The van der Waals surface area contributed by atoms with Crippen LogP contribution in [0.2, 0.25) is 0 Å². The molecule has 4 nitrogen and oxygen atoms in total. The summed E-state index contributed by atoms with van der Waals surface area (Å²) < 4.78 is 0. The number of carboxylic acids is 1. The highest BCUT2D eigenvalue weighted by atomic mass is 16.4. The van der Waals surface area contributed by atoms with Crippen molar-refractivity contribution in [1.82, 2.24) is 5.32 Å². The number of nitrogens with one attached hydrogen (secondary N) is 1. The molecule has 1 saturated carbocycles. The Labute approximate surface area is 103 Å². The topological polar surface area (TPSA) is 66.4 Å². The van der Waals surface area contributed by atoms with Gasteiger partial charge in [-0.25, -0.2) is 0 Å². The van der Waals surface area contributed by atoms with Gasteiger partial charge in [0.05, 0.1) is 11.8 Å². The SMILES string of the molecule is CCC(C)CNC(=O)C1CC(C)CC1C(=O)O. The lowest BCUT2D eigenvalue weighted by Gasteiger charge is -2.17. The smallest absolute Gasteiger partial charge is 0.307 e. The van der Waals surface area contributed by atoms with E-state index in [-0.39, 0.29) is 11.8 Å². The van der Waals surface area contributed by atoms with Crippen molar-refractivity contribution in [3.63, 3.8) is 0 Å². The van der Waals surface area contributed by atoms with Crippen molar-refractivity contribution in [2.24, 2.45) is 23.7 Å². The summed E-state index contributed by atoms with van der Waals surface area (Å²) in [6, 6.07) is 0. The van der Waals surface area contributed by atoms with E-state index in [1.807, 2.05) is 6.92 Å². The fraction of sp³-hybridized carbons (Fsp3) is 0.846. The van der Waals surface area contributed by atoms with Gasteiger partial charge in [-0.05, 0) is 24.7 Å². The van der Waals surface area contributed by atoms with E-state index in [1.165, 1.54) is 0 Å². The quantitative estimate of drug-likeness (QED) is 0.772. The van der Waals surface area contributed by atoms with Gasteiger partial charge in [0.1, 0.15) is 0 Å². The molecule has 1 aliphatic rings. The van der Waals surface area contributed by atoms with E-state index in [0.717, 1.165) is 6.42 Å². The van der Waals surface area contributed by atoms with E-state index in [1.54, 1.807) is 0 Å². The van der Waals surface area contributed by atoms with Crippen LogP contribution in [0.5, 0.6) is 0 Å². The van der Waals surface area contributed by atoms with Gasteiger partial charge in [0.15, 0.2) is 0 Å². The summed E-state index contributed by atoms with van der Waals surface area (Å²) >= 11 is 0. The average molecular weight is 241 g/mol. The zero-order valence-corrected chi connectivity index (χ0v) is 10.9. The molecule has 2 N–H and O–H groups in total. The molecule has 0 aromatic carbocycles. The van der Waals surface area contributed by atoms with Gasteiger partial charge in [-0.2, -0.15) is 0 Å². The Morgan fingerprint density at radius 1 is 1.35 bits per heavy atom. The standard InChI is InChI=1S/C13H23NO3/c1-4-8(2)7-14-12(15)10-5-9(3)6-11(10)13(16)17/h8-11H,4-7H2,1-3H3,(H,14,15)(H,16,17). The van der Waals surface area contributed by atoms with Gasteiger partial charge in [0.2, 0.25) is 5.91 Å². The third-order valence-corrected chi connectivity index (χ3v) is 3.77. The van der Waals surface area contributed by atoms with Crippen molar-refractivity contribution < 1.29 is 14.7 Å². The minimum absolute atomic E-state index is 0.0814. The van der Waals surface area contributed by atoms with E-state index in [0.29, 0.717) is 31.2 Å². The third-order valence-electron chi connectivity index (χ3n) is 3.77. The Morgan fingerprint density at radius 2 is 1.94 bits per heavy atom. The van der Waals surface area contributed by atoms with Gasteiger partial charge in [-0.15, -0.1) is 0 Å². The Kier molecular flexibility index (Phi) is 4.97. The Bertz CT molecular complexity index is 290. The maximum absolute atomic E-state index is 12.0. The average Bonchev–Trinajstić information content (AvgIpc) is 2.67.